The van der Waals surface area contributed by atoms with Gasteiger partial charge in [-0.1, -0.05) is 12.1 Å². The molecule has 5 N–H and O–H groups in total. The molecule has 0 fully saturated rings. The summed E-state index contributed by atoms with van der Waals surface area (Å²) in [7, 11) is 2.56. The van der Waals surface area contributed by atoms with Crippen molar-refractivity contribution in [1.82, 2.24) is 30.9 Å². The summed E-state index contributed by atoms with van der Waals surface area (Å²) in [4.78, 5) is 50.1. The van der Waals surface area contributed by atoms with Gasteiger partial charge < -0.3 is 45.5 Å². The van der Waals surface area contributed by atoms with E-state index in [-0.39, 0.29) is 48.9 Å². The fraction of sp³-hybridized carbons (Fsp3) is 0.438. The second kappa shape index (κ2) is 18.3. The predicted octanol–water partition coefficient (Wildman–Crippen LogP) is 4.09. The average molecular weight is 705 g/mol. The molecule has 270 valence electrons. The van der Waals surface area contributed by atoms with Gasteiger partial charge in [-0.3, -0.25) is 4.79 Å². The van der Waals surface area contributed by atoms with Crippen molar-refractivity contribution in [1.29, 1.82) is 0 Å². The highest BCUT2D eigenvalue weighted by molar-refractivity contribution is 5.99. The Balaban J connectivity index is 1.62. The molecule has 50 heavy (non-hydrogen) atoms. The maximum atomic E-state index is 13.4. The number of alkyl halides is 3. The lowest BCUT2D eigenvalue weighted by molar-refractivity contribution is -0.142. The highest BCUT2D eigenvalue weighted by atomic mass is 19.4. The fourth-order valence-corrected chi connectivity index (χ4v) is 4.52. The minimum absolute atomic E-state index is 0.0300. The first-order chi connectivity index (χ1) is 24.0. The van der Waals surface area contributed by atoms with Crippen LogP contribution in [0.1, 0.15) is 48.0 Å². The molecule has 1 atom stereocenters. The largest absolute Gasteiger partial charge is 0.494 e. The number of benzene rings is 2. The van der Waals surface area contributed by atoms with Gasteiger partial charge in [0.2, 0.25) is 11.9 Å². The zero-order valence-corrected chi connectivity index (χ0v) is 27.5. The summed E-state index contributed by atoms with van der Waals surface area (Å²) in [5, 5.41) is 13.4. The van der Waals surface area contributed by atoms with Crippen molar-refractivity contribution in [3.63, 3.8) is 0 Å². The highest BCUT2D eigenvalue weighted by Gasteiger charge is 2.27. The molecule has 15 nitrogen and oxygen atoms in total. The Bertz CT molecular complexity index is 1590. The first-order valence-corrected chi connectivity index (χ1v) is 15.8. The number of methoxy groups -OCH3 is 1. The molecule has 18 heteroatoms. The van der Waals surface area contributed by atoms with Gasteiger partial charge in [0, 0.05) is 25.3 Å². The van der Waals surface area contributed by atoms with Crippen molar-refractivity contribution in [2.75, 3.05) is 51.2 Å². The van der Waals surface area contributed by atoms with Crippen molar-refractivity contribution < 1.29 is 46.5 Å². The van der Waals surface area contributed by atoms with E-state index in [1.807, 2.05) is 24.3 Å². The first-order valence-electron chi connectivity index (χ1n) is 15.8. The Kier molecular flexibility index (Phi) is 13.6. The van der Waals surface area contributed by atoms with E-state index in [0.717, 1.165) is 31.9 Å². The maximum Gasteiger partial charge on any atom is 0.392 e. The first kappa shape index (κ1) is 37.3. The summed E-state index contributed by atoms with van der Waals surface area (Å²) >= 11 is 0. The second-order valence-corrected chi connectivity index (χ2v) is 10.9. The molecule has 3 aromatic rings. The van der Waals surface area contributed by atoms with Crippen LogP contribution in [-0.2, 0) is 16.1 Å². The molecule has 0 saturated heterocycles. The number of esters is 1. The molecule has 0 saturated carbocycles. The van der Waals surface area contributed by atoms with E-state index in [1.165, 1.54) is 25.2 Å². The Hall–Kier alpha value is -5.55. The summed E-state index contributed by atoms with van der Waals surface area (Å²) in [6.07, 6.45) is -2.45. The number of halogens is 3. The SMILES string of the molecule is CNC(=O)NC[C@H](NC(=O)c1ccc2cc1OCCCCCCOc1ccc(cc1)CNc1nc(nc(OCCC(F)(F)F)n1)N2)C(=O)OC. The Morgan fingerprint density at radius 2 is 1.68 bits per heavy atom. The van der Waals surface area contributed by atoms with Gasteiger partial charge in [-0.05, 0) is 55.5 Å². The third-order valence-electron chi connectivity index (χ3n) is 7.14. The number of fused-ring (bicyclic) bond motifs is 10. The number of hydrogen-bond donors (Lipinski definition) is 5. The van der Waals surface area contributed by atoms with E-state index in [4.69, 9.17) is 18.9 Å². The number of carbonyl (C=O) groups is 3. The van der Waals surface area contributed by atoms with Gasteiger partial charge >= 0.3 is 24.2 Å². The topological polar surface area (TPSA) is 187 Å². The van der Waals surface area contributed by atoms with Crippen LogP contribution in [0.3, 0.4) is 0 Å². The van der Waals surface area contributed by atoms with E-state index < -0.39 is 43.2 Å². The fourth-order valence-electron chi connectivity index (χ4n) is 4.52. The molecule has 0 spiro atoms. The van der Waals surface area contributed by atoms with Gasteiger partial charge in [0.25, 0.3) is 5.91 Å². The van der Waals surface area contributed by atoms with E-state index in [9.17, 15) is 27.6 Å². The van der Waals surface area contributed by atoms with E-state index in [1.54, 1.807) is 0 Å². The van der Waals surface area contributed by atoms with Crippen molar-refractivity contribution in [2.24, 2.45) is 0 Å². The van der Waals surface area contributed by atoms with Crippen LogP contribution >= 0.6 is 0 Å². The lowest BCUT2D eigenvalue weighted by Crippen LogP contribution is -2.50. The molecule has 0 radical (unpaired) electrons. The molecule has 3 amide bonds. The van der Waals surface area contributed by atoms with Crippen LogP contribution in [0.15, 0.2) is 42.5 Å². The molecule has 2 aliphatic heterocycles. The van der Waals surface area contributed by atoms with Crippen molar-refractivity contribution in [2.45, 2.75) is 50.9 Å². The Labute approximate surface area is 286 Å². The third kappa shape index (κ3) is 12.2. The summed E-state index contributed by atoms with van der Waals surface area (Å²) in [6, 6.07) is 9.79. The number of aromatic nitrogens is 3. The van der Waals surface area contributed by atoms with E-state index in [0.29, 0.717) is 24.5 Å². The second-order valence-electron chi connectivity index (χ2n) is 10.9. The monoisotopic (exact) mass is 704 g/mol. The zero-order valence-electron chi connectivity index (χ0n) is 27.5. The number of ether oxygens (including phenoxy) is 4. The number of amides is 3. The van der Waals surface area contributed by atoms with Gasteiger partial charge in [0.1, 0.15) is 24.1 Å². The lowest BCUT2D eigenvalue weighted by Gasteiger charge is -2.19. The molecule has 2 aromatic carbocycles. The number of carbonyl (C=O) groups excluding carboxylic acids is 3. The van der Waals surface area contributed by atoms with Crippen LogP contribution in [0.2, 0.25) is 0 Å². The van der Waals surface area contributed by atoms with Crippen LogP contribution in [-0.4, -0.2) is 85.6 Å². The van der Waals surface area contributed by atoms with Crippen LogP contribution in [0, 0.1) is 0 Å². The third-order valence-corrected chi connectivity index (χ3v) is 7.14. The molecule has 5 rings (SSSR count). The normalized spacial score (nSPS) is 14.2. The number of anilines is 3. The van der Waals surface area contributed by atoms with Crippen LogP contribution in [0.25, 0.3) is 0 Å². The number of urea groups is 1. The smallest absolute Gasteiger partial charge is 0.392 e. The number of nitrogens with zero attached hydrogens (tertiary/aromatic N) is 3. The molecular weight excluding hydrogens is 665 g/mol. The van der Waals surface area contributed by atoms with E-state index in [2.05, 4.69) is 41.5 Å². The number of rotatable bonds is 8. The lowest BCUT2D eigenvalue weighted by atomic mass is 10.1. The predicted molar refractivity (Wildman–Crippen MR) is 175 cm³/mol. The van der Waals surface area contributed by atoms with E-state index >= 15 is 0 Å². The highest BCUT2D eigenvalue weighted by Crippen LogP contribution is 2.27. The van der Waals surface area contributed by atoms with Gasteiger partial charge in [-0.15, -0.1) is 0 Å². The average Bonchev–Trinajstić information content (AvgIpc) is 3.09. The molecule has 3 heterocycles. The Morgan fingerprint density at radius 1 is 0.960 bits per heavy atom. The molecule has 0 aliphatic carbocycles. The van der Waals surface area contributed by atoms with Crippen LogP contribution in [0.5, 0.6) is 17.5 Å². The molecule has 6 bridgehead atoms. The molecule has 2 aliphatic rings. The van der Waals surface area contributed by atoms with Gasteiger partial charge in [-0.2, -0.15) is 28.1 Å². The van der Waals surface area contributed by atoms with Crippen molar-refractivity contribution in [3.05, 3.63) is 53.6 Å². The summed E-state index contributed by atoms with van der Waals surface area (Å²) in [6.45, 7) is 0.101. The quantitative estimate of drug-likeness (QED) is 0.212. The summed E-state index contributed by atoms with van der Waals surface area (Å²) in [5.41, 5.74) is 1.31. The maximum absolute atomic E-state index is 13.4. The Morgan fingerprint density at radius 3 is 2.38 bits per heavy atom. The number of nitrogens with one attached hydrogen (secondary N) is 5. The van der Waals surface area contributed by atoms with Gasteiger partial charge in [0.15, 0.2) is 0 Å². The summed E-state index contributed by atoms with van der Waals surface area (Å²) in [5.74, 6) is -0.629. The summed E-state index contributed by atoms with van der Waals surface area (Å²) < 4.78 is 60.3. The molecule has 0 unspecified atom stereocenters. The standard InChI is InChI=1S/C32H39F3N8O7/c1-36-30(46)38-19-24(27(45)47-2)40-26(44)23-12-9-21-17-25(23)49-15-6-4-3-5-14-48-22-10-7-20(8-11-22)18-37-28-41-29(39-21)43-31(42-28)50-16-13-32(33,34)35/h7-12,17,24H,3-6,13-16,18-19H2,1-2H3,(H,40,44)(H2,36,38,46)(H2,37,39,41,42,43)/t24-/m0/s1. The van der Waals surface area contributed by atoms with Gasteiger partial charge in [0.05, 0.1) is 38.9 Å². The van der Waals surface area contributed by atoms with Gasteiger partial charge in [-0.25, -0.2) is 9.59 Å². The molecule has 1 aromatic heterocycles. The van der Waals surface area contributed by atoms with Crippen LogP contribution in [0.4, 0.5) is 35.5 Å². The number of hydrogen-bond acceptors (Lipinski definition) is 12. The minimum Gasteiger partial charge on any atom is -0.494 e. The van der Waals surface area contributed by atoms with Crippen LogP contribution < -0.4 is 40.8 Å². The molecular formula is C32H39F3N8O7. The van der Waals surface area contributed by atoms with Crippen molar-refractivity contribution >= 4 is 35.5 Å². The minimum atomic E-state index is -4.44. The zero-order chi connectivity index (χ0) is 35.9. The van der Waals surface area contributed by atoms with Crippen molar-refractivity contribution in [3.8, 4) is 17.5 Å².